The van der Waals surface area contributed by atoms with Crippen molar-refractivity contribution < 1.29 is 13.2 Å². The average Bonchev–Trinajstić information content (AvgIpc) is 3.00. The van der Waals surface area contributed by atoms with Gasteiger partial charge in [-0.25, -0.2) is 18.4 Å². The van der Waals surface area contributed by atoms with Crippen LogP contribution in [0, 0.1) is 5.92 Å². The molecule has 2 aliphatic heterocycles. The smallest absolute Gasteiger partial charge is 0.224 e. The largest absolute Gasteiger partial charge is 0.474 e. The van der Waals surface area contributed by atoms with Crippen LogP contribution in [-0.2, 0) is 9.84 Å². The fraction of sp³-hybridized carbons (Fsp3) is 0.600. The maximum atomic E-state index is 11.7. The van der Waals surface area contributed by atoms with Crippen LogP contribution in [0.5, 0.6) is 5.88 Å². The van der Waals surface area contributed by atoms with Gasteiger partial charge in [-0.15, -0.1) is 0 Å². The molecule has 7 nitrogen and oxygen atoms in total. The Balaban J connectivity index is 1.42. The summed E-state index contributed by atoms with van der Waals surface area (Å²) >= 11 is 0. The second-order valence-electron chi connectivity index (χ2n) is 8.10. The Morgan fingerprint density at radius 3 is 2.64 bits per heavy atom. The predicted octanol–water partition coefficient (Wildman–Crippen LogP) is 1.97. The van der Waals surface area contributed by atoms with Crippen molar-refractivity contribution in [3.05, 3.63) is 24.5 Å². The van der Waals surface area contributed by atoms with E-state index in [0.717, 1.165) is 55.7 Å². The Morgan fingerprint density at radius 1 is 1.18 bits per heavy atom. The van der Waals surface area contributed by atoms with Gasteiger partial charge >= 0.3 is 0 Å². The molecule has 2 aliphatic rings. The summed E-state index contributed by atoms with van der Waals surface area (Å²) in [5.41, 5.74) is 2.04. The topological polar surface area (TPSA) is 75.6 Å². The van der Waals surface area contributed by atoms with Gasteiger partial charge in [0.25, 0.3) is 0 Å². The fourth-order valence-electron chi connectivity index (χ4n) is 4.10. The van der Waals surface area contributed by atoms with E-state index in [4.69, 9.17) is 4.74 Å². The molecule has 152 valence electrons. The van der Waals surface area contributed by atoms with Crippen LogP contribution in [0.15, 0.2) is 24.5 Å². The summed E-state index contributed by atoms with van der Waals surface area (Å²) in [5.74, 6) is 1.64. The average molecular weight is 405 g/mol. The molecule has 2 saturated heterocycles. The second kappa shape index (κ2) is 7.83. The number of rotatable bonds is 5. The first-order valence-corrected chi connectivity index (χ1v) is 11.8. The molecular weight excluding hydrogens is 376 g/mol. The van der Waals surface area contributed by atoms with Crippen molar-refractivity contribution in [1.82, 2.24) is 14.9 Å². The highest BCUT2D eigenvalue weighted by molar-refractivity contribution is 7.91. The summed E-state index contributed by atoms with van der Waals surface area (Å²) in [5, 5.41) is 0.937. The Bertz CT molecular complexity index is 940. The molecule has 1 aromatic heterocycles. The summed E-state index contributed by atoms with van der Waals surface area (Å²) in [4.78, 5) is 13.4. The Morgan fingerprint density at radius 2 is 1.96 bits per heavy atom. The van der Waals surface area contributed by atoms with Crippen LogP contribution >= 0.6 is 0 Å². The monoisotopic (exact) mass is 404 g/mol. The predicted molar refractivity (Wildman–Crippen MR) is 111 cm³/mol. The van der Waals surface area contributed by atoms with Crippen LogP contribution in [0.4, 0.5) is 5.69 Å². The van der Waals surface area contributed by atoms with Crippen LogP contribution in [0.2, 0.25) is 0 Å². The lowest BCUT2D eigenvalue weighted by atomic mass is 10.1. The van der Waals surface area contributed by atoms with Gasteiger partial charge in [0.2, 0.25) is 5.88 Å². The third-order valence-corrected chi connectivity index (χ3v) is 7.35. The summed E-state index contributed by atoms with van der Waals surface area (Å²) in [7, 11) is -2.79. The zero-order chi connectivity index (χ0) is 19.7. The summed E-state index contributed by atoms with van der Waals surface area (Å²) < 4.78 is 29.2. The highest BCUT2D eigenvalue weighted by atomic mass is 32.2. The van der Waals surface area contributed by atoms with Gasteiger partial charge in [-0.2, -0.15) is 0 Å². The van der Waals surface area contributed by atoms with Crippen molar-refractivity contribution >= 4 is 26.4 Å². The third kappa shape index (κ3) is 4.38. The lowest BCUT2D eigenvalue weighted by molar-refractivity contribution is 0.227. The van der Waals surface area contributed by atoms with Crippen LogP contribution in [-0.4, -0.2) is 73.6 Å². The van der Waals surface area contributed by atoms with Crippen LogP contribution in [0.1, 0.15) is 20.3 Å². The highest BCUT2D eigenvalue weighted by Crippen LogP contribution is 2.28. The molecule has 3 heterocycles. The number of anilines is 1. The SMILES string of the molecule is CC(C)Oc1ncnc2ccc(N3CCN(CC4CCS(=O)(=O)C4)CC3)cc12. The van der Waals surface area contributed by atoms with Gasteiger partial charge in [0.1, 0.15) is 6.33 Å². The van der Waals surface area contributed by atoms with E-state index in [0.29, 0.717) is 23.3 Å². The zero-order valence-corrected chi connectivity index (χ0v) is 17.4. The Labute approximate surface area is 166 Å². The molecular formula is C20H28N4O3S. The molecule has 0 bridgehead atoms. The normalized spacial score (nSPS) is 22.8. The molecule has 0 N–H and O–H groups in total. The number of hydrogen-bond acceptors (Lipinski definition) is 7. The van der Waals surface area contributed by atoms with Crippen LogP contribution in [0.25, 0.3) is 10.9 Å². The van der Waals surface area contributed by atoms with Crippen molar-refractivity contribution in [1.29, 1.82) is 0 Å². The quantitative estimate of drug-likeness (QED) is 0.754. The van der Waals surface area contributed by atoms with Gasteiger partial charge in [0, 0.05) is 38.4 Å². The zero-order valence-electron chi connectivity index (χ0n) is 16.5. The van der Waals surface area contributed by atoms with Crippen LogP contribution < -0.4 is 9.64 Å². The Hall–Kier alpha value is -1.93. The van der Waals surface area contributed by atoms with Gasteiger partial charge in [0.15, 0.2) is 9.84 Å². The van der Waals surface area contributed by atoms with Crippen molar-refractivity contribution in [2.45, 2.75) is 26.4 Å². The molecule has 1 aromatic carbocycles. The van der Waals surface area contributed by atoms with Gasteiger partial charge in [-0.3, -0.25) is 4.90 Å². The third-order valence-electron chi connectivity index (χ3n) is 5.51. The number of aromatic nitrogens is 2. The second-order valence-corrected chi connectivity index (χ2v) is 10.3. The van der Waals surface area contributed by atoms with E-state index >= 15 is 0 Å². The molecule has 2 fully saturated rings. The molecule has 8 heteroatoms. The van der Waals surface area contributed by atoms with Crippen molar-refractivity contribution in [2.75, 3.05) is 49.1 Å². The van der Waals surface area contributed by atoms with E-state index in [1.54, 1.807) is 6.33 Å². The van der Waals surface area contributed by atoms with E-state index in [2.05, 4.69) is 31.9 Å². The molecule has 1 atom stereocenters. The van der Waals surface area contributed by atoms with Crippen molar-refractivity contribution in [3.8, 4) is 5.88 Å². The minimum absolute atomic E-state index is 0.0599. The van der Waals surface area contributed by atoms with Gasteiger partial charge in [-0.05, 0) is 44.4 Å². The number of benzene rings is 1. The molecule has 0 amide bonds. The number of sulfone groups is 1. The van der Waals surface area contributed by atoms with Gasteiger partial charge < -0.3 is 9.64 Å². The molecule has 0 saturated carbocycles. The van der Waals surface area contributed by atoms with Gasteiger partial charge in [-0.1, -0.05) is 0 Å². The van der Waals surface area contributed by atoms with Crippen molar-refractivity contribution in [2.24, 2.45) is 5.92 Å². The maximum absolute atomic E-state index is 11.7. The van der Waals surface area contributed by atoms with E-state index in [1.165, 1.54) is 0 Å². The first-order chi connectivity index (χ1) is 13.4. The molecule has 0 radical (unpaired) electrons. The van der Waals surface area contributed by atoms with Crippen molar-refractivity contribution in [3.63, 3.8) is 0 Å². The van der Waals surface area contributed by atoms with E-state index < -0.39 is 9.84 Å². The molecule has 4 rings (SSSR count). The molecule has 28 heavy (non-hydrogen) atoms. The first kappa shape index (κ1) is 19.4. The number of ether oxygens (including phenoxy) is 1. The summed E-state index contributed by atoms with van der Waals surface area (Å²) in [6.07, 6.45) is 2.41. The lowest BCUT2D eigenvalue weighted by Crippen LogP contribution is -2.48. The van der Waals surface area contributed by atoms with Gasteiger partial charge in [0.05, 0.1) is 28.5 Å². The molecule has 0 spiro atoms. The fourth-order valence-corrected chi connectivity index (χ4v) is 5.95. The number of hydrogen-bond donors (Lipinski definition) is 0. The number of nitrogens with zero attached hydrogens (tertiary/aromatic N) is 4. The Kier molecular flexibility index (Phi) is 5.42. The van der Waals surface area contributed by atoms with E-state index in [-0.39, 0.29) is 6.10 Å². The minimum Gasteiger partial charge on any atom is -0.474 e. The minimum atomic E-state index is -2.79. The highest BCUT2D eigenvalue weighted by Gasteiger charge is 2.30. The lowest BCUT2D eigenvalue weighted by Gasteiger charge is -2.37. The van der Waals surface area contributed by atoms with E-state index in [9.17, 15) is 8.42 Å². The van der Waals surface area contributed by atoms with E-state index in [1.807, 2.05) is 19.9 Å². The summed E-state index contributed by atoms with van der Waals surface area (Å²) in [6.45, 7) is 8.65. The molecule has 1 unspecified atom stereocenters. The first-order valence-electron chi connectivity index (χ1n) is 9.99. The standard InChI is InChI=1S/C20H28N4O3S/c1-15(2)27-20-18-11-17(3-4-19(18)21-14-22-20)24-8-6-23(7-9-24)12-16-5-10-28(25,26)13-16/h3-4,11,14-16H,5-10,12-13H2,1-2H3. The maximum Gasteiger partial charge on any atom is 0.224 e. The number of fused-ring (bicyclic) bond motifs is 1. The molecule has 2 aromatic rings. The molecule has 0 aliphatic carbocycles. The number of piperazine rings is 1. The van der Waals surface area contributed by atoms with Crippen LogP contribution in [0.3, 0.4) is 0 Å². The summed E-state index contributed by atoms with van der Waals surface area (Å²) in [6, 6.07) is 6.25.